The van der Waals surface area contributed by atoms with Crippen molar-refractivity contribution in [3.05, 3.63) is 39.7 Å². The van der Waals surface area contributed by atoms with Crippen LogP contribution in [0, 0.1) is 28.6 Å². The Bertz CT molecular complexity index is 1030. The molecule has 2 aromatic rings. The van der Waals surface area contributed by atoms with Crippen LogP contribution < -0.4 is 20.8 Å². The maximum Gasteiger partial charge on any atom is 0.313 e. The number of H-pyrrole nitrogens is 1. The van der Waals surface area contributed by atoms with Crippen molar-refractivity contribution in [2.45, 2.75) is 20.8 Å². The zero-order valence-corrected chi connectivity index (χ0v) is 15.1. The normalized spacial score (nSPS) is 10.1. The number of hydrogen-bond acceptors (Lipinski definition) is 7. The molecule has 0 aliphatic carbocycles. The molecule has 0 unspecified atom stereocenters. The highest BCUT2D eigenvalue weighted by molar-refractivity contribution is 5.82. The molecule has 0 saturated carbocycles. The predicted molar refractivity (Wildman–Crippen MR) is 98.0 cm³/mol. The number of nitrogens with zero attached hydrogens (tertiary/aromatic N) is 2. The Morgan fingerprint density at radius 1 is 1.22 bits per heavy atom. The molecule has 0 atom stereocenters. The smallest absolute Gasteiger partial charge is 0.313 e. The monoisotopic (exact) mass is 366 g/mol. The summed E-state index contributed by atoms with van der Waals surface area (Å²) in [5.74, 6) is -0.448. The maximum absolute atomic E-state index is 12.1. The lowest BCUT2D eigenvalue weighted by Crippen LogP contribution is -2.17. The molecule has 138 valence electrons. The van der Waals surface area contributed by atoms with E-state index in [9.17, 15) is 20.1 Å². The minimum atomic E-state index is -0.697. The summed E-state index contributed by atoms with van der Waals surface area (Å²) in [6.45, 7) is 5.46. The van der Waals surface area contributed by atoms with Gasteiger partial charge in [-0.2, -0.15) is 10.5 Å². The highest BCUT2D eigenvalue weighted by Gasteiger charge is 2.21. The first-order valence-electron chi connectivity index (χ1n) is 8.18. The van der Waals surface area contributed by atoms with Gasteiger partial charge in [0.05, 0.1) is 12.5 Å². The fourth-order valence-electron chi connectivity index (χ4n) is 2.37. The molecule has 0 spiro atoms. The molecule has 1 aromatic heterocycles. The quantitative estimate of drug-likeness (QED) is 0.610. The van der Waals surface area contributed by atoms with Crippen molar-refractivity contribution in [1.82, 2.24) is 4.98 Å². The molecular formula is C19H18N4O4. The number of nitrogens with one attached hydrogen (secondary N) is 1. The van der Waals surface area contributed by atoms with Gasteiger partial charge in [-0.15, -0.1) is 0 Å². The number of hydrogen-bond donors (Lipinski definition) is 2. The maximum atomic E-state index is 12.1. The van der Waals surface area contributed by atoms with Crippen LogP contribution in [0.5, 0.6) is 11.5 Å². The van der Waals surface area contributed by atoms with Crippen molar-refractivity contribution in [3.8, 4) is 34.8 Å². The predicted octanol–water partition coefficient (Wildman–Crippen LogP) is 2.33. The van der Waals surface area contributed by atoms with E-state index < -0.39 is 11.5 Å². The van der Waals surface area contributed by atoms with Crippen LogP contribution in [0.15, 0.2) is 23.0 Å². The lowest BCUT2D eigenvalue weighted by molar-refractivity contribution is -0.137. The Labute approximate surface area is 155 Å². The summed E-state index contributed by atoms with van der Waals surface area (Å²) in [5, 5.41) is 18.8. The van der Waals surface area contributed by atoms with Crippen LogP contribution in [-0.4, -0.2) is 17.6 Å². The van der Waals surface area contributed by atoms with Gasteiger partial charge < -0.3 is 20.2 Å². The number of anilines is 1. The van der Waals surface area contributed by atoms with Crippen molar-refractivity contribution in [2.24, 2.45) is 5.92 Å². The molecule has 0 aliphatic heterocycles. The fraction of sp³-hybridized carbons (Fsp3) is 0.263. The summed E-state index contributed by atoms with van der Waals surface area (Å²) >= 11 is 0. The largest absolute Gasteiger partial charge is 0.490 e. The molecule has 8 heteroatoms. The molecule has 0 saturated heterocycles. The number of ether oxygens (including phenoxy) is 2. The van der Waals surface area contributed by atoms with E-state index in [-0.39, 0.29) is 39.9 Å². The first kappa shape index (κ1) is 19.5. The summed E-state index contributed by atoms with van der Waals surface area (Å²) in [4.78, 5) is 26.2. The summed E-state index contributed by atoms with van der Waals surface area (Å²) in [7, 11) is 0. The summed E-state index contributed by atoms with van der Waals surface area (Å²) in [6, 6.07) is 8.22. The topological polar surface area (TPSA) is 142 Å². The molecule has 8 nitrogen and oxygen atoms in total. The van der Waals surface area contributed by atoms with Gasteiger partial charge in [0.2, 0.25) is 0 Å². The van der Waals surface area contributed by atoms with E-state index in [1.54, 1.807) is 26.8 Å². The number of carbonyl (C=O) groups is 1. The molecule has 3 N–H and O–H groups in total. The number of nitrogens with two attached hydrogens (primary N) is 1. The van der Waals surface area contributed by atoms with Crippen molar-refractivity contribution in [1.29, 1.82) is 10.5 Å². The Kier molecular flexibility index (Phi) is 5.84. The number of carbonyl (C=O) groups excluding carboxylic acids is 1. The first-order chi connectivity index (χ1) is 12.8. The van der Waals surface area contributed by atoms with Crippen LogP contribution in [0.25, 0.3) is 11.1 Å². The Morgan fingerprint density at radius 2 is 1.89 bits per heavy atom. The van der Waals surface area contributed by atoms with Gasteiger partial charge in [-0.3, -0.25) is 9.59 Å². The Balaban J connectivity index is 2.70. The number of aromatic nitrogens is 1. The van der Waals surface area contributed by atoms with Crippen LogP contribution >= 0.6 is 0 Å². The molecule has 2 rings (SSSR count). The van der Waals surface area contributed by atoms with E-state index in [2.05, 4.69) is 4.98 Å². The van der Waals surface area contributed by atoms with Gasteiger partial charge in [-0.05, 0) is 24.6 Å². The molecule has 0 amide bonds. The summed E-state index contributed by atoms with van der Waals surface area (Å²) in [5.41, 5.74) is 5.24. The Morgan fingerprint density at radius 3 is 2.44 bits per heavy atom. The SMILES string of the molecule is CCOc1cc(-c2c(C#N)c(N)[nH]c(=O)c2C#N)ccc1OC(=O)C(C)C. The lowest BCUT2D eigenvalue weighted by atomic mass is 9.96. The van der Waals surface area contributed by atoms with E-state index in [1.807, 2.05) is 6.07 Å². The number of rotatable bonds is 5. The minimum Gasteiger partial charge on any atom is -0.490 e. The van der Waals surface area contributed by atoms with E-state index in [0.717, 1.165) is 0 Å². The lowest BCUT2D eigenvalue weighted by Gasteiger charge is -2.15. The molecule has 0 radical (unpaired) electrons. The number of pyridine rings is 1. The third-order valence-electron chi connectivity index (χ3n) is 3.68. The van der Waals surface area contributed by atoms with Gasteiger partial charge >= 0.3 is 5.97 Å². The molecular weight excluding hydrogens is 348 g/mol. The third-order valence-corrected chi connectivity index (χ3v) is 3.68. The minimum absolute atomic E-state index is 0.0273. The number of aromatic amines is 1. The second kappa shape index (κ2) is 8.07. The number of benzene rings is 1. The molecule has 0 aliphatic rings. The van der Waals surface area contributed by atoms with Crippen molar-refractivity contribution in [3.63, 3.8) is 0 Å². The average Bonchev–Trinajstić information content (AvgIpc) is 2.62. The van der Waals surface area contributed by atoms with Gasteiger partial charge in [-0.1, -0.05) is 19.9 Å². The van der Waals surface area contributed by atoms with Crippen molar-refractivity contribution >= 4 is 11.8 Å². The molecule has 0 fully saturated rings. The van der Waals surface area contributed by atoms with Crippen LogP contribution in [0.3, 0.4) is 0 Å². The second-order valence-electron chi connectivity index (χ2n) is 5.89. The van der Waals surface area contributed by atoms with Gasteiger partial charge in [0.15, 0.2) is 11.5 Å². The molecule has 1 aromatic carbocycles. The zero-order valence-electron chi connectivity index (χ0n) is 15.1. The van der Waals surface area contributed by atoms with Crippen molar-refractivity contribution in [2.75, 3.05) is 12.3 Å². The number of nitrogen functional groups attached to an aromatic ring is 1. The second-order valence-corrected chi connectivity index (χ2v) is 5.89. The third kappa shape index (κ3) is 3.91. The highest BCUT2D eigenvalue weighted by Crippen LogP contribution is 2.36. The number of nitriles is 2. The van der Waals surface area contributed by atoms with Crippen LogP contribution in [-0.2, 0) is 4.79 Å². The number of esters is 1. The first-order valence-corrected chi connectivity index (χ1v) is 8.18. The molecule has 27 heavy (non-hydrogen) atoms. The van der Waals surface area contributed by atoms with Crippen LogP contribution in [0.2, 0.25) is 0 Å². The highest BCUT2D eigenvalue weighted by atomic mass is 16.6. The van der Waals surface area contributed by atoms with Gasteiger partial charge in [0.25, 0.3) is 5.56 Å². The average molecular weight is 366 g/mol. The van der Waals surface area contributed by atoms with E-state index in [1.165, 1.54) is 18.2 Å². The van der Waals surface area contributed by atoms with Gasteiger partial charge in [0.1, 0.15) is 29.1 Å². The zero-order chi connectivity index (χ0) is 20.1. The summed E-state index contributed by atoms with van der Waals surface area (Å²) < 4.78 is 10.9. The van der Waals surface area contributed by atoms with E-state index in [4.69, 9.17) is 15.2 Å². The fourth-order valence-corrected chi connectivity index (χ4v) is 2.37. The van der Waals surface area contributed by atoms with E-state index >= 15 is 0 Å². The van der Waals surface area contributed by atoms with Crippen molar-refractivity contribution < 1.29 is 14.3 Å². The summed E-state index contributed by atoms with van der Waals surface area (Å²) in [6.07, 6.45) is 0. The Hall–Kier alpha value is -3.78. The molecule has 1 heterocycles. The molecule has 0 bridgehead atoms. The van der Waals surface area contributed by atoms with Crippen LogP contribution in [0.1, 0.15) is 31.9 Å². The van der Waals surface area contributed by atoms with Crippen LogP contribution in [0.4, 0.5) is 5.82 Å². The van der Waals surface area contributed by atoms with Gasteiger partial charge in [0, 0.05) is 5.56 Å². The standard InChI is InChI=1S/C19H18N4O4/c1-4-26-15-7-11(5-6-14(15)27-19(25)10(2)3)16-12(8-20)17(22)23-18(24)13(16)9-21/h5-7,10H,4H2,1-3H3,(H3,22,23,24). The van der Waals surface area contributed by atoms with E-state index in [0.29, 0.717) is 12.2 Å². The van der Waals surface area contributed by atoms with Gasteiger partial charge in [-0.25, -0.2) is 0 Å².